The fourth-order valence-corrected chi connectivity index (χ4v) is 3.04. The molecule has 1 aliphatic carbocycles. The molecule has 3 unspecified atom stereocenters. The molecule has 0 amide bonds. The van der Waals surface area contributed by atoms with Crippen molar-refractivity contribution in [2.24, 2.45) is 11.8 Å². The molecule has 16 heavy (non-hydrogen) atoms. The van der Waals surface area contributed by atoms with E-state index in [9.17, 15) is 5.11 Å². The van der Waals surface area contributed by atoms with Crippen molar-refractivity contribution in [1.29, 1.82) is 0 Å². The van der Waals surface area contributed by atoms with Gasteiger partial charge in [0.05, 0.1) is 11.7 Å². The summed E-state index contributed by atoms with van der Waals surface area (Å²) in [5, 5.41) is 9.84. The van der Waals surface area contributed by atoms with Crippen LogP contribution in [0.2, 0.25) is 0 Å². The molecule has 1 heterocycles. The number of fused-ring (bicyclic) bond motifs is 1. The van der Waals surface area contributed by atoms with Gasteiger partial charge in [-0.05, 0) is 39.0 Å². The maximum Gasteiger partial charge on any atom is 0.0634 e. The van der Waals surface area contributed by atoms with E-state index in [2.05, 4.69) is 18.7 Å². The molecule has 0 aromatic heterocycles. The van der Waals surface area contributed by atoms with Crippen molar-refractivity contribution in [2.75, 3.05) is 26.7 Å². The molecule has 3 atom stereocenters. The van der Waals surface area contributed by atoms with Gasteiger partial charge >= 0.3 is 0 Å². The first-order chi connectivity index (χ1) is 7.52. The predicted molar refractivity (Wildman–Crippen MR) is 64.4 cm³/mol. The average molecular weight is 227 g/mol. The molecular formula is C13H25NO2. The molecule has 1 saturated carbocycles. The number of rotatable bonds is 4. The molecule has 1 saturated heterocycles. The topological polar surface area (TPSA) is 32.7 Å². The molecular weight excluding hydrogens is 202 g/mol. The van der Waals surface area contributed by atoms with Gasteiger partial charge < -0.3 is 14.7 Å². The van der Waals surface area contributed by atoms with Crippen molar-refractivity contribution in [3.05, 3.63) is 0 Å². The zero-order chi connectivity index (χ0) is 11.8. The summed E-state index contributed by atoms with van der Waals surface area (Å²) in [6.45, 7) is 7.64. The summed E-state index contributed by atoms with van der Waals surface area (Å²) in [5.74, 6) is 1.30. The van der Waals surface area contributed by atoms with E-state index < -0.39 is 0 Å². The standard InChI is InChI=1S/C13H25NO2/c1-13(2,16-3)6-7-14-8-10-4-5-12(15)11(10)9-14/h10-12,15H,4-9H2,1-3H3. The van der Waals surface area contributed by atoms with Crippen molar-refractivity contribution in [3.8, 4) is 0 Å². The number of aliphatic hydroxyl groups excluding tert-OH is 1. The molecule has 0 bridgehead atoms. The van der Waals surface area contributed by atoms with Crippen LogP contribution >= 0.6 is 0 Å². The Morgan fingerprint density at radius 3 is 2.69 bits per heavy atom. The molecule has 2 aliphatic rings. The second-order valence-electron chi connectivity index (χ2n) is 6.04. The molecule has 2 fully saturated rings. The monoisotopic (exact) mass is 227 g/mol. The summed E-state index contributed by atoms with van der Waals surface area (Å²) in [6.07, 6.45) is 3.27. The molecule has 94 valence electrons. The number of aliphatic hydroxyl groups is 1. The van der Waals surface area contributed by atoms with Gasteiger partial charge in [-0.2, -0.15) is 0 Å². The van der Waals surface area contributed by atoms with Crippen LogP contribution in [0.1, 0.15) is 33.1 Å². The first-order valence-electron chi connectivity index (χ1n) is 6.47. The summed E-state index contributed by atoms with van der Waals surface area (Å²) in [6, 6.07) is 0. The number of likely N-dealkylation sites (tertiary alicyclic amines) is 1. The highest BCUT2D eigenvalue weighted by Crippen LogP contribution is 2.38. The largest absolute Gasteiger partial charge is 0.393 e. The van der Waals surface area contributed by atoms with Crippen molar-refractivity contribution < 1.29 is 9.84 Å². The molecule has 3 heteroatoms. The Balaban J connectivity index is 1.78. The highest BCUT2D eigenvalue weighted by atomic mass is 16.5. The first-order valence-corrected chi connectivity index (χ1v) is 6.47. The summed E-state index contributed by atoms with van der Waals surface area (Å²) in [5.41, 5.74) is -0.0175. The maximum atomic E-state index is 9.84. The molecule has 1 aliphatic heterocycles. The van der Waals surface area contributed by atoms with Crippen LogP contribution in [0.3, 0.4) is 0 Å². The van der Waals surface area contributed by atoms with Crippen LogP contribution in [0.4, 0.5) is 0 Å². The van der Waals surface area contributed by atoms with Gasteiger partial charge in [-0.3, -0.25) is 0 Å². The van der Waals surface area contributed by atoms with Crippen LogP contribution < -0.4 is 0 Å². The van der Waals surface area contributed by atoms with E-state index in [-0.39, 0.29) is 11.7 Å². The van der Waals surface area contributed by atoms with Crippen LogP contribution in [-0.4, -0.2) is 48.5 Å². The van der Waals surface area contributed by atoms with Crippen molar-refractivity contribution in [2.45, 2.75) is 44.8 Å². The molecule has 0 aromatic carbocycles. The third kappa shape index (κ3) is 2.58. The van der Waals surface area contributed by atoms with Gasteiger partial charge in [-0.1, -0.05) is 0 Å². The van der Waals surface area contributed by atoms with Gasteiger partial charge in [0, 0.05) is 32.7 Å². The number of hydrogen-bond donors (Lipinski definition) is 1. The van der Waals surface area contributed by atoms with Gasteiger partial charge in [0.25, 0.3) is 0 Å². The zero-order valence-electron chi connectivity index (χ0n) is 10.8. The smallest absolute Gasteiger partial charge is 0.0634 e. The van der Waals surface area contributed by atoms with E-state index in [0.717, 1.165) is 31.8 Å². The first kappa shape index (κ1) is 12.3. The van der Waals surface area contributed by atoms with Gasteiger partial charge in [-0.25, -0.2) is 0 Å². The van der Waals surface area contributed by atoms with E-state index in [0.29, 0.717) is 5.92 Å². The Labute approximate surface area is 98.8 Å². The van der Waals surface area contributed by atoms with Gasteiger partial charge in [0.1, 0.15) is 0 Å². The quantitative estimate of drug-likeness (QED) is 0.790. The Morgan fingerprint density at radius 1 is 1.31 bits per heavy atom. The third-order valence-corrected chi connectivity index (χ3v) is 4.48. The number of methoxy groups -OCH3 is 1. The minimum Gasteiger partial charge on any atom is -0.393 e. The lowest BCUT2D eigenvalue weighted by Crippen LogP contribution is -2.32. The lowest BCUT2D eigenvalue weighted by Gasteiger charge is -2.26. The summed E-state index contributed by atoms with van der Waals surface area (Å²) in [4.78, 5) is 2.50. The third-order valence-electron chi connectivity index (χ3n) is 4.48. The van der Waals surface area contributed by atoms with Crippen LogP contribution in [-0.2, 0) is 4.74 Å². The lowest BCUT2D eigenvalue weighted by molar-refractivity contribution is 0.00800. The van der Waals surface area contributed by atoms with Gasteiger partial charge in [0.2, 0.25) is 0 Å². The highest BCUT2D eigenvalue weighted by Gasteiger charge is 2.41. The normalized spacial score (nSPS) is 35.6. The Kier molecular flexibility index (Phi) is 3.57. The second kappa shape index (κ2) is 4.63. The molecule has 1 N–H and O–H groups in total. The Morgan fingerprint density at radius 2 is 2.06 bits per heavy atom. The fraction of sp³-hybridized carbons (Fsp3) is 1.00. The number of nitrogens with zero attached hydrogens (tertiary/aromatic N) is 1. The number of ether oxygens (including phenoxy) is 1. The average Bonchev–Trinajstić information content (AvgIpc) is 2.79. The minimum atomic E-state index is -0.0366. The van der Waals surface area contributed by atoms with Crippen LogP contribution in [0, 0.1) is 11.8 Å². The van der Waals surface area contributed by atoms with E-state index in [1.807, 2.05) is 0 Å². The van der Waals surface area contributed by atoms with Crippen molar-refractivity contribution in [1.82, 2.24) is 4.90 Å². The molecule has 0 radical (unpaired) electrons. The van der Waals surface area contributed by atoms with Crippen LogP contribution in [0.15, 0.2) is 0 Å². The molecule has 0 spiro atoms. The number of hydrogen-bond acceptors (Lipinski definition) is 3. The Hall–Kier alpha value is -0.120. The second-order valence-corrected chi connectivity index (χ2v) is 6.04. The summed E-state index contributed by atoms with van der Waals surface area (Å²) >= 11 is 0. The predicted octanol–water partition coefficient (Wildman–Crippen LogP) is 1.50. The van der Waals surface area contributed by atoms with Gasteiger partial charge in [-0.15, -0.1) is 0 Å². The van der Waals surface area contributed by atoms with E-state index >= 15 is 0 Å². The fourth-order valence-electron chi connectivity index (χ4n) is 3.04. The van der Waals surface area contributed by atoms with E-state index in [1.165, 1.54) is 13.0 Å². The van der Waals surface area contributed by atoms with E-state index in [4.69, 9.17) is 4.74 Å². The minimum absolute atomic E-state index is 0.0175. The summed E-state index contributed by atoms with van der Waals surface area (Å²) < 4.78 is 5.44. The van der Waals surface area contributed by atoms with Gasteiger partial charge in [0.15, 0.2) is 0 Å². The highest BCUT2D eigenvalue weighted by molar-refractivity contribution is 4.93. The van der Waals surface area contributed by atoms with E-state index in [1.54, 1.807) is 7.11 Å². The van der Waals surface area contributed by atoms with Crippen molar-refractivity contribution >= 4 is 0 Å². The Bertz CT molecular complexity index is 242. The molecule has 2 rings (SSSR count). The molecule has 0 aromatic rings. The molecule has 3 nitrogen and oxygen atoms in total. The van der Waals surface area contributed by atoms with Crippen molar-refractivity contribution in [3.63, 3.8) is 0 Å². The lowest BCUT2D eigenvalue weighted by atomic mass is 10.00. The SMILES string of the molecule is COC(C)(C)CCN1CC2CCC(O)C2C1. The van der Waals surface area contributed by atoms with Crippen LogP contribution in [0.25, 0.3) is 0 Å². The maximum absolute atomic E-state index is 9.84. The summed E-state index contributed by atoms with van der Waals surface area (Å²) in [7, 11) is 1.78. The van der Waals surface area contributed by atoms with Crippen LogP contribution in [0.5, 0.6) is 0 Å². The zero-order valence-corrected chi connectivity index (χ0v) is 10.8.